The summed E-state index contributed by atoms with van der Waals surface area (Å²) in [5, 5.41) is 0. The lowest BCUT2D eigenvalue weighted by Gasteiger charge is -1.98. The molecule has 0 aliphatic rings. The van der Waals surface area contributed by atoms with Crippen LogP contribution in [0.4, 0.5) is 0 Å². The molecule has 0 bridgehead atoms. The molecule has 1 heterocycles. The van der Waals surface area contributed by atoms with Crippen molar-refractivity contribution in [3.63, 3.8) is 0 Å². The number of hydrogen-bond donors (Lipinski definition) is 2. The van der Waals surface area contributed by atoms with Gasteiger partial charge >= 0.3 is 0 Å². The number of para-hydroxylation sites is 1. The molecular formula is C16H17N3. The Morgan fingerprint density at radius 3 is 2.58 bits per heavy atom. The molecule has 3 rings (SSSR count). The molecule has 0 spiro atoms. The molecule has 19 heavy (non-hydrogen) atoms. The Morgan fingerprint density at radius 1 is 1.11 bits per heavy atom. The summed E-state index contributed by atoms with van der Waals surface area (Å²) in [5.74, 6) is 0.901. The zero-order valence-electron chi connectivity index (χ0n) is 11.0. The number of fused-ring (bicyclic) bond motifs is 1. The van der Waals surface area contributed by atoms with Gasteiger partial charge in [0.2, 0.25) is 0 Å². The van der Waals surface area contributed by atoms with Crippen LogP contribution in [0.2, 0.25) is 0 Å². The number of aryl methyl sites for hydroxylation is 1. The lowest BCUT2D eigenvalue weighted by molar-refractivity contribution is 1.08. The van der Waals surface area contributed by atoms with E-state index in [0.29, 0.717) is 6.54 Å². The Labute approximate surface area is 112 Å². The highest BCUT2D eigenvalue weighted by Gasteiger charge is 2.07. The van der Waals surface area contributed by atoms with Crippen LogP contribution >= 0.6 is 0 Å². The Hall–Kier alpha value is -2.13. The van der Waals surface area contributed by atoms with E-state index in [0.717, 1.165) is 34.4 Å². The minimum atomic E-state index is 0.510. The Kier molecular flexibility index (Phi) is 3.05. The first-order chi connectivity index (χ1) is 9.31. The van der Waals surface area contributed by atoms with Crippen molar-refractivity contribution in [1.82, 2.24) is 9.97 Å². The van der Waals surface area contributed by atoms with Gasteiger partial charge in [-0.1, -0.05) is 43.3 Å². The van der Waals surface area contributed by atoms with E-state index in [1.165, 1.54) is 5.56 Å². The highest BCUT2D eigenvalue weighted by atomic mass is 14.9. The molecule has 2 aromatic carbocycles. The van der Waals surface area contributed by atoms with Gasteiger partial charge in [-0.3, -0.25) is 0 Å². The standard InChI is InChI=1S/C16H17N3/c1-2-11-6-8-12(9-7-11)16-18-14-5-3-4-13(10-17)15(14)19-16/h3-9H,2,10,17H2,1H3,(H,18,19). The molecule has 0 saturated heterocycles. The molecule has 3 nitrogen and oxygen atoms in total. The maximum atomic E-state index is 5.75. The van der Waals surface area contributed by atoms with Crippen LogP contribution in [-0.2, 0) is 13.0 Å². The van der Waals surface area contributed by atoms with Crippen LogP contribution in [0, 0.1) is 0 Å². The van der Waals surface area contributed by atoms with Crippen molar-refractivity contribution >= 4 is 11.0 Å². The minimum absolute atomic E-state index is 0.510. The number of rotatable bonds is 3. The van der Waals surface area contributed by atoms with Crippen molar-refractivity contribution in [1.29, 1.82) is 0 Å². The van der Waals surface area contributed by atoms with Gasteiger partial charge in [0, 0.05) is 12.1 Å². The summed E-state index contributed by atoms with van der Waals surface area (Å²) in [4.78, 5) is 8.03. The quantitative estimate of drug-likeness (QED) is 0.750. The predicted octanol–water partition coefficient (Wildman–Crippen LogP) is 3.25. The molecule has 3 heteroatoms. The van der Waals surface area contributed by atoms with Crippen molar-refractivity contribution < 1.29 is 0 Å². The number of aromatic nitrogens is 2. The molecule has 0 fully saturated rings. The maximum absolute atomic E-state index is 5.75. The maximum Gasteiger partial charge on any atom is 0.138 e. The van der Waals surface area contributed by atoms with E-state index in [4.69, 9.17) is 5.73 Å². The smallest absolute Gasteiger partial charge is 0.138 e. The Balaban J connectivity index is 2.09. The Morgan fingerprint density at radius 2 is 1.89 bits per heavy atom. The molecular weight excluding hydrogens is 234 g/mol. The van der Waals surface area contributed by atoms with Gasteiger partial charge in [-0.2, -0.15) is 0 Å². The molecule has 0 aliphatic carbocycles. The van der Waals surface area contributed by atoms with Crippen molar-refractivity contribution in [2.45, 2.75) is 19.9 Å². The monoisotopic (exact) mass is 251 g/mol. The van der Waals surface area contributed by atoms with Gasteiger partial charge in [-0.25, -0.2) is 4.98 Å². The van der Waals surface area contributed by atoms with Crippen molar-refractivity contribution in [2.24, 2.45) is 5.73 Å². The van der Waals surface area contributed by atoms with Crippen LogP contribution < -0.4 is 5.73 Å². The zero-order valence-corrected chi connectivity index (χ0v) is 11.0. The highest BCUT2D eigenvalue weighted by Crippen LogP contribution is 2.23. The van der Waals surface area contributed by atoms with Gasteiger partial charge in [-0.05, 0) is 23.6 Å². The van der Waals surface area contributed by atoms with E-state index in [-0.39, 0.29) is 0 Å². The summed E-state index contributed by atoms with van der Waals surface area (Å²) in [7, 11) is 0. The minimum Gasteiger partial charge on any atom is -0.338 e. The first kappa shape index (κ1) is 11.9. The molecule has 0 atom stereocenters. The van der Waals surface area contributed by atoms with Crippen LogP contribution in [0.25, 0.3) is 22.4 Å². The van der Waals surface area contributed by atoms with Crippen LogP contribution in [0.15, 0.2) is 42.5 Å². The topological polar surface area (TPSA) is 54.7 Å². The van der Waals surface area contributed by atoms with Crippen molar-refractivity contribution in [2.75, 3.05) is 0 Å². The number of imidazole rings is 1. The van der Waals surface area contributed by atoms with Gasteiger partial charge in [0.25, 0.3) is 0 Å². The first-order valence-corrected chi connectivity index (χ1v) is 6.59. The second-order valence-electron chi connectivity index (χ2n) is 4.65. The third-order valence-electron chi connectivity index (χ3n) is 3.45. The summed E-state index contributed by atoms with van der Waals surface area (Å²) < 4.78 is 0. The lowest BCUT2D eigenvalue weighted by Crippen LogP contribution is -1.96. The average molecular weight is 251 g/mol. The molecule has 0 saturated carbocycles. The Bertz CT molecular complexity index is 696. The predicted molar refractivity (Wildman–Crippen MR) is 78.8 cm³/mol. The van der Waals surface area contributed by atoms with E-state index in [1.54, 1.807) is 0 Å². The number of aromatic amines is 1. The third-order valence-corrected chi connectivity index (χ3v) is 3.45. The number of H-pyrrole nitrogens is 1. The number of nitrogens with two attached hydrogens (primary N) is 1. The second-order valence-corrected chi connectivity index (χ2v) is 4.65. The largest absolute Gasteiger partial charge is 0.338 e. The summed E-state index contributed by atoms with van der Waals surface area (Å²) in [6, 6.07) is 14.6. The van der Waals surface area contributed by atoms with E-state index < -0.39 is 0 Å². The van der Waals surface area contributed by atoms with E-state index >= 15 is 0 Å². The van der Waals surface area contributed by atoms with Crippen LogP contribution in [0.3, 0.4) is 0 Å². The van der Waals surface area contributed by atoms with Gasteiger partial charge < -0.3 is 10.7 Å². The molecule has 96 valence electrons. The summed E-state index contributed by atoms with van der Waals surface area (Å²) >= 11 is 0. The molecule has 0 radical (unpaired) electrons. The van der Waals surface area contributed by atoms with Crippen molar-refractivity contribution in [3.8, 4) is 11.4 Å². The SMILES string of the molecule is CCc1ccc(-c2nc3c(CN)cccc3[nH]2)cc1. The van der Waals surface area contributed by atoms with Gasteiger partial charge in [0.05, 0.1) is 11.0 Å². The van der Waals surface area contributed by atoms with E-state index in [9.17, 15) is 0 Å². The van der Waals surface area contributed by atoms with Crippen molar-refractivity contribution in [3.05, 3.63) is 53.6 Å². The fourth-order valence-corrected chi connectivity index (χ4v) is 2.29. The second kappa shape index (κ2) is 4.86. The highest BCUT2D eigenvalue weighted by molar-refractivity contribution is 5.82. The van der Waals surface area contributed by atoms with Crippen LogP contribution in [-0.4, -0.2) is 9.97 Å². The normalized spacial score (nSPS) is 11.1. The fraction of sp³-hybridized carbons (Fsp3) is 0.188. The number of hydrogen-bond acceptors (Lipinski definition) is 2. The van der Waals surface area contributed by atoms with Crippen LogP contribution in [0.1, 0.15) is 18.1 Å². The molecule has 0 aliphatic heterocycles. The van der Waals surface area contributed by atoms with Gasteiger partial charge in [0.15, 0.2) is 0 Å². The number of nitrogens with zero attached hydrogens (tertiary/aromatic N) is 1. The summed E-state index contributed by atoms with van der Waals surface area (Å²) in [6.45, 7) is 2.67. The molecule has 0 unspecified atom stereocenters. The molecule has 3 N–H and O–H groups in total. The fourth-order valence-electron chi connectivity index (χ4n) is 2.29. The molecule has 1 aromatic heterocycles. The summed E-state index contributed by atoms with van der Waals surface area (Å²) in [6.07, 6.45) is 1.05. The number of benzene rings is 2. The van der Waals surface area contributed by atoms with Crippen LogP contribution in [0.5, 0.6) is 0 Å². The lowest BCUT2D eigenvalue weighted by atomic mass is 10.1. The third kappa shape index (κ3) is 2.13. The molecule has 3 aromatic rings. The van der Waals surface area contributed by atoms with E-state index in [1.807, 2.05) is 18.2 Å². The zero-order chi connectivity index (χ0) is 13.2. The average Bonchev–Trinajstić information content (AvgIpc) is 2.91. The molecule has 0 amide bonds. The van der Waals surface area contributed by atoms with Gasteiger partial charge in [-0.15, -0.1) is 0 Å². The summed E-state index contributed by atoms with van der Waals surface area (Å²) in [5.41, 5.74) is 11.3. The number of nitrogens with one attached hydrogen (secondary N) is 1. The van der Waals surface area contributed by atoms with Gasteiger partial charge in [0.1, 0.15) is 5.82 Å². The first-order valence-electron chi connectivity index (χ1n) is 6.59. The van der Waals surface area contributed by atoms with E-state index in [2.05, 4.69) is 41.2 Å².